The van der Waals surface area contributed by atoms with Gasteiger partial charge in [-0.2, -0.15) is 5.10 Å². The molecule has 0 spiro atoms. The lowest BCUT2D eigenvalue weighted by Gasteiger charge is -2.13. The van der Waals surface area contributed by atoms with E-state index in [4.69, 9.17) is 32.7 Å². The predicted molar refractivity (Wildman–Crippen MR) is 123 cm³/mol. The number of halogens is 3. The molecular weight excluding hydrogens is 491 g/mol. The molecule has 3 rings (SSSR count). The van der Waals surface area contributed by atoms with Crippen LogP contribution < -0.4 is 14.9 Å². The lowest BCUT2D eigenvalue weighted by Crippen LogP contribution is -2.17. The number of hydrogen-bond donors (Lipinski definition) is 1. The Morgan fingerprint density at radius 3 is 2.33 bits per heavy atom. The molecule has 0 unspecified atom stereocenters. The number of amides is 1. The van der Waals surface area contributed by atoms with Crippen molar-refractivity contribution in [3.8, 4) is 11.5 Å². The molecule has 154 valence electrons. The average molecular weight is 508 g/mol. The van der Waals surface area contributed by atoms with E-state index in [2.05, 4.69) is 26.5 Å². The Bertz CT molecular complexity index is 1060. The van der Waals surface area contributed by atoms with Crippen LogP contribution in [0.3, 0.4) is 0 Å². The van der Waals surface area contributed by atoms with E-state index in [9.17, 15) is 4.79 Å². The minimum atomic E-state index is -0.336. The number of nitrogens with one attached hydrogen (secondary N) is 1. The number of benzene rings is 3. The van der Waals surface area contributed by atoms with Crippen molar-refractivity contribution in [2.45, 2.75) is 6.61 Å². The van der Waals surface area contributed by atoms with Crippen LogP contribution in [0.1, 0.15) is 21.5 Å². The van der Waals surface area contributed by atoms with Crippen LogP contribution in [0, 0.1) is 0 Å². The minimum Gasteiger partial charge on any atom is -0.493 e. The quantitative estimate of drug-likeness (QED) is 0.310. The van der Waals surface area contributed by atoms with Gasteiger partial charge in [-0.15, -0.1) is 0 Å². The average Bonchev–Trinajstić information content (AvgIpc) is 2.74. The normalized spacial score (nSPS) is 10.8. The molecule has 0 aliphatic heterocycles. The summed E-state index contributed by atoms with van der Waals surface area (Å²) < 4.78 is 12.1. The molecule has 0 saturated carbocycles. The second kappa shape index (κ2) is 10.5. The van der Waals surface area contributed by atoms with E-state index in [0.717, 1.165) is 5.56 Å². The van der Waals surface area contributed by atoms with Gasteiger partial charge >= 0.3 is 0 Å². The summed E-state index contributed by atoms with van der Waals surface area (Å²) in [6.07, 6.45) is 1.52. The standard InChI is InChI=1S/C22H17BrCl2N2O3/c1-29-20-11-15(12-26-27-22(28)16-4-8-18(25)9-5-16)10-19(23)21(20)30-13-14-2-6-17(24)7-3-14/h2-12H,13H2,1H3,(H,27,28)/b26-12-. The summed E-state index contributed by atoms with van der Waals surface area (Å²) in [5.74, 6) is 0.760. The molecule has 8 heteroatoms. The molecule has 0 heterocycles. The van der Waals surface area contributed by atoms with Crippen LogP contribution in [0.15, 0.2) is 70.2 Å². The van der Waals surface area contributed by atoms with Gasteiger partial charge in [-0.1, -0.05) is 35.3 Å². The highest BCUT2D eigenvalue weighted by Gasteiger charge is 2.12. The van der Waals surface area contributed by atoms with Crippen molar-refractivity contribution < 1.29 is 14.3 Å². The summed E-state index contributed by atoms with van der Waals surface area (Å²) in [5.41, 5.74) is 4.63. The first-order valence-corrected chi connectivity index (χ1v) is 10.3. The van der Waals surface area contributed by atoms with Crippen molar-refractivity contribution in [3.05, 3.63) is 91.9 Å². The summed E-state index contributed by atoms with van der Waals surface area (Å²) in [7, 11) is 1.56. The summed E-state index contributed by atoms with van der Waals surface area (Å²) in [6.45, 7) is 0.358. The molecule has 0 saturated heterocycles. The van der Waals surface area contributed by atoms with Gasteiger partial charge in [-0.05, 0) is 75.6 Å². The highest BCUT2D eigenvalue weighted by atomic mass is 79.9. The van der Waals surface area contributed by atoms with Crippen LogP contribution in [0.25, 0.3) is 0 Å². The number of methoxy groups -OCH3 is 1. The molecule has 5 nitrogen and oxygen atoms in total. The van der Waals surface area contributed by atoms with Crippen LogP contribution >= 0.6 is 39.1 Å². The maximum absolute atomic E-state index is 12.1. The second-order valence-corrected chi connectivity index (χ2v) is 7.88. The molecule has 0 bridgehead atoms. The highest BCUT2D eigenvalue weighted by Crippen LogP contribution is 2.36. The fourth-order valence-corrected chi connectivity index (χ4v) is 3.35. The van der Waals surface area contributed by atoms with Gasteiger partial charge in [0.2, 0.25) is 0 Å². The predicted octanol–water partition coefficient (Wildman–Crippen LogP) is 6.11. The molecule has 1 N–H and O–H groups in total. The smallest absolute Gasteiger partial charge is 0.271 e. The molecule has 0 aliphatic rings. The summed E-state index contributed by atoms with van der Waals surface area (Å²) >= 11 is 15.2. The molecule has 3 aromatic rings. The third-order valence-corrected chi connectivity index (χ3v) is 5.13. The molecule has 0 aromatic heterocycles. The van der Waals surface area contributed by atoms with E-state index in [1.807, 2.05) is 30.3 Å². The van der Waals surface area contributed by atoms with Crippen LogP contribution in [0.2, 0.25) is 10.0 Å². The lowest BCUT2D eigenvalue weighted by atomic mass is 10.2. The number of hydrazone groups is 1. The van der Waals surface area contributed by atoms with E-state index in [0.29, 0.717) is 43.8 Å². The zero-order valence-corrected chi connectivity index (χ0v) is 19.0. The zero-order valence-electron chi connectivity index (χ0n) is 15.9. The Hall–Kier alpha value is -2.54. The third-order valence-electron chi connectivity index (χ3n) is 4.03. The van der Waals surface area contributed by atoms with Gasteiger partial charge in [0, 0.05) is 15.6 Å². The van der Waals surface area contributed by atoms with E-state index in [1.165, 1.54) is 6.21 Å². The molecule has 0 radical (unpaired) electrons. The van der Waals surface area contributed by atoms with Crippen LogP contribution in [0.5, 0.6) is 11.5 Å². The first-order valence-electron chi connectivity index (χ1n) is 8.80. The zero-order chi connectivity index (χ0) is 21.5. The number of carbonyl (C=O) groups excluding carboxylic acids is 1. The molecule has 0 aliphatic carbocycles. The van der Waals surface area contributed by atoms with Crippen LogP contribution in [-0.2, 0) is 6.61 Å². The van der Waals surface area contributed by atoms with E-state index >= 15 is 0 Å². The third kappa shape index (κ3) is 5.98. The van der Waals surface area contributed by atoms with Gasteiger partial charge in [0.05, 0.1) is 17.8 Å². The number of hydrogen-bond acceptors (Lipinski definition) is 4. The van der Waals surface area contributed by atoms with Gasteiger partial charge in [-0.3, -0.25) is 4.79 Å². The molecule has 3 aromatic carbocycles. The van der Waals surface area contributed by atoms with E-state index < -0.39 is 0 Å². The summed E-state index contributed by atoms with van der Waals surface area (Å²) in [4.78, 5) is 12.1. The van der Waals surface area contributed by atoms with Crippen molar-refractivity contribution in [2.24, 2.45) is 5.10 Å². The first-order chi connectivity index (χ1) is 14.5. The topological polar surface area (TPSA) is 59.9 Å². The van der Waals surface area contributed by atoms with Crippen molar-refractivity contribution in [3.63, 3.8) is 0 Å². The van der Waals surface area contributed by atoms with Gasteiger partial charge in [0.25, 0.3) is 5.91 Å². The molecule has 0 atom stereocenters. The maximum atomic E-state index is 12.1. The van der Waals surface area contributed by atoms with Gasteiger partial charge in [0.1, 0.15) is 6.61 Å². The van der Waals surface area contributed by atoms with Crippen molar-refractivity contribution in [1.82, 2.24) is 5.43 Å². The van der Waals surface area contributed by atoms with Crippen molar-refractivity contribution in [2.75, 3.05) is 7.11 Å². The Morgan fingerprint density at radius 1 is 1.07 bits per heavy atom. The number of rotatable bonds is 7. The van der Waals surface area contributed by atoms with Gasteiger partial charge < -0.3 is 9.47 Å². The maximum Gasteiger partial charge on any atom is 0.271 e. The fourth-order valence-electron chi connectivity index (χ4n) is 2.52. The van der Waals surface area contributed by atoms with E-state index in [-0.39, 0.29) is 5.91 Å². The minimum absolute atomic E-state index is 0.336. The van der Waals surface area contributed by atoms with Crippen molar-refractivity contribution in [1.29, 1.82) is 0 Å². The number of carbonyl (C=O) groups is 1. The molecule has 30 heavy (non-hydrogen) atoms. The summed E-state index contributed by atoms with van der Waals surface area (Å²) in [5, 5.41) is 5.23. The van der Waals surface area contributed by atoms with Crippen molar-refractivity contribution >= 4 is 51.3 Å². The highest BCUT2D eigenvalue weighted by molar-refractivity contribution is 9.10. The molecule has 1 amide bonds. The fraction of sp³-hybridized carbons (Fsp3) is 0.0909. The van der Waals surface area contributed by atoms with Crippen LogP contribution in [0.4, 0.5) is 0 Å². The second-order valence-electron chi connectivity index (χ2n) is 6.16. The van der Waals surface area contributed by atoms with Crippen LogP contribution in [-0.4, -0.2) is 19.2 Å². The Morgan fingerprint density at radius 2 is 1.70 bits per heavy atom. The Kier molecular flexibility index (Phi) is 7.74. The van der Waals surface area contributed by atoms with Gasteiger partial charge in [0.15, 0.2) is 11.5 Å². The largest absolute Gasteiger partial charge is 0.493 e. The molecular formula is C22H17BrCl2N2O3. The number of ether oxygens (including phenoxy) is 2. The monoisotopic (exact) mass is 506 g/mol. The lowest BCUT2D eigenvalue weighted by molar-refractivity contribution is 0.0955. The number of nitrogens with zero attached hydrogens (tertiary/aromatic N) is 1. The Balaban J connectivity index is 1.68. The van der Waals surface area contributed by atoms with E-state index in [1.54, 1.807) is 37.4 Å². The Labute approximate surface area is 192 Å². The molecule has 0 fully saturated rings. The first kappa shape index (κ1) is 22.2. The van der Waals surface area contributed by atoms with Gasteiger partial charge in [-0.25, -0.2) is 5.43 Å². The summed E-state index contributed by atoms with van der Waals surface area (Å²) in [6, 6.07) is 17.5. The SMILES string of the molecule is COc1cc(/C=N\NC(=O)c2ccc(Cl)cc2)cc(Br)c1OCc1ccc(Cl)cc1.